The molecule has 2 aliphatic rings. The lowest BCUT2D eigenvalue weighted by Crippen LogP contribution is -2.22. The molecular formula is C13H16F3N3O2. The van der Waals surface area contributed by atoms with Crippen molar-refractivity contribution in [3.8, 4) is 0 Å². The molecule has 0 unspecified atom stereocenters. The van der Waals surface area contributed by atoms with Crippen LogP contribution in [0.3, 0.4) is 0 Å². The Bertz CT molecular complexity index is 563. The van der Waals surface area contributed by atoms with E-state index in [4.69, 9.17) is 0 Å². The highest BCUT2D eigenvalue weighted by atomic mass is 19.4. The zero-order valence-electron chi connectivity index (χ0n) is 11.6. The average Bonchev–Trinajstić information content (AvgIpc) is 2.84. The summed E-state index contributed by atoms with van der Waals surface area (Å²) in [4.78, 5) is 19.2. The minimum atomic E-state index is -4.59. The Morgan fingerprint density at radius 1 is 1.43 bits per heavy atom. The van der Waals surface area contributed by atoms with Gasteiger partial charge in [-0.3, -0.25) is 4.90 Å². The molecule has 1 spiro atoms. The van der Waals surface area contributed by atoms with Crippen molar-refractivity contribution in [1.29, 1.82) is 0 Å². The summed E-state index contributed by atoms with van der Waals surface area (Å²) in [6.45, 7) is 1.72. The highest BCUT2D eigenvalue weighted by Crippen LogP contribution is 2.52. The molecule has 1 saturated heterocycles. The van der Waals surface area contributed by atoms with Crippen LogP contribution < -0.4 is 0 Å². The first kappa shape index (κ1) is 14.4. The molecule has 2 fully saturated rings. The number of carbonyl (C=O) groups is 1. The lowest BCUT2D eigenvalue weighted by Gasteiger charge is -2.16. The molecule has 0 bridgehead atoms. The Kier molecular flexibility index (Phi) is 3.23. The molecule has 1 aromatic rings. The fraction of sp³-hybridized carbons (Fsp3) is 0.692. The van der Waals surface area contributed by atoms with Gasteiger partial charge in [-0.05, 0) is 31.2 Å². The number of nitrogens with one attached hydrogen (secondary N) is 1. The van der Waals surface area contributed by atoms with Crippen molar-refractivity contribution < 1.29 is 22.7 Å². The van der Waals surface area contributed by atoms with Crippen molar-refractivity contribution in [3.63, 3.8) is 0 Å². The SMILES string of the molecule is COC(=O)c1nc(C(F)(F)F)c(CN2CCC3(CC3)C2)[nH]1. The predicted molar refractivity (Wildman–Crippen MR) is 66.5 cm³/mol. The Balaban J connectivity index is 1.82. The van der Waals surface area contributed by atoms with Crippen LogP contribution in [-0.2, 0) is 17.5 Å². The van der Waals surface area contributed by atoms with E-state index in [-0.39, 0.29) is 12.2 Å². The number of aromatic nitrogens is 2. The molecule has 0 radical (unpaired) electrons. The van der Waals surface area contributed by atoms with Gasteiger partial charge in [0.2, 0.25) is 5.82 Å². The van der Waals surface area contributed by atoms with Crippen LogP contribution in [0, 0.1) is 5.41 Å². The molecule has 0 amide bonds. The van der Waals surface area contributed by atoms with Gasteiger partial charge in [0.1, 0.15) is 0 Å². The van der Waals surface area contributed by atoms with Gasteiger partial charge in [0.25, 0.3) is 0 Å². The van der Waals surface area contributed by atoms with Gasteiger partial charge in [-0.2, -0.15) is 13.2 Å². The van der Waals surface area contributed by atoms with E-state index in [1.165, 1.54) is 0 Å². The fourth-order valence-electron chi connectivity index (χ4n) is 2.92. The summed E-state index contributed by atoms with van der Waals surface area (Å²) in [5.41, 5.74) is -0.760. The van der Waals surface area contributed by atoms with Gasteiger partial charge in [0.05, 0.1) is 12.8 Å². The maximum atomic E-state index is 13.0. The van der Waals surface area contributed by atoms with E-state index in [0.717, 1.165) is 39.5 Å². The number of hydrogen-bond donors (Lipinski definition) is 1. The molecule has 1 aliphatic heterocycles. The first-order chi connectivity index (χ1) is 9.83. The number of hydrogen-bond acceptors (Lipinski definition) is 4. The summed E-state index contributed by atoms with van der Waals surface area (Å²) in [6.07, 6.45) is -1.24. The van der Waals surface area contributed by atoms with Gasteiger partial charge in [-0.15, -0.1) is 0 Å². The molecule has 116 valence electrons. The number of carbonyl (C=O) groups excluding carboxylic acids is 1. The first-order valence-corrected chi connectivity index (χ1v) is 6.80. The molecular weight excluding hydrogens is 287 g/mol. The monoisotopic (exact) mass is 303 g/mol. The van der Waals surface area contributed by atoms with Crippen molar-refractivity contribution in [2.45, 2.75) is 32.0 Å². The summed E-state index contributed by atoms with van der Waals surface area (Å²) >= 11 is 0. The van der Waals surface area contributed by atoms with Crippen LogP contribution in [0.1, 0.15) is 41.3 Å². The zero-order chi connectivity index (χ0) is 15.3. The fourth-order valence-corrected chi connectivity index (χ4v) is 2.92. The highest BCUT2D eigenvalue weighted by molar-refractivity contribution is 5.85. The van der Waals surface area contributed by atoms with Crippen LogP contribution in [0.25, 0.3) is 0 Å². The van der Waals surface area contributed by atoms with Crippen LogP contribution >= 0.6 is 0 Å². The second kappa shape index (κ2) is 4.72. The average molecular weight is 303 g/mol. The van der Waals surface area contributed by atoms with Gasteiger partial charge in [0.15, 0.2) is 5.69 Å². The smallest absolute Gasteiger partial charge is 0.435 e. The number of methoxy groups -OCH3 is 1. The minimum absolute atomic E-state index is 0.0689. The summed E-state index contributed by atoms with van der Waals surface area (Å²) in [5, 5.41) is 0. The Labute approximate surface area is 119 Å². The second-order valence-corrected chi connectivity index (χ2v) is 5.86. The van der Waals surface area contributed by atoms with Gasteiger partial charge < -0.3 is 9.72 Å². The molecule has 1 aliphatic carbocycles. The number of ether oxygens (including phenoxy) is 1. The summed E-state index contributed by atoms with van der Waals surface area (Å²) in [7, 11) is 1.11. The van der Waals surface area contributed by atoms with E-state index in [2.05, 4.69) is 14.7 Å². The lowest BCUT2D eigenvalue weighted by molar-refractivity contribution is -0.141. The number of esters is 1. The molecule has 1 saturated carbocycles. The van der Waals surface area contributed by atoms with Crippen molar-refractivity contribution in [1.82, 2.24) is 14.9 Å². The van der Waals surface area contributed by atoms with Crippen molar-refractivity contribution >= 4 is 5.97 Å². The van der Waals surface area contributed by atoms with E-state index >= 15 is 0 Å². The number of nitrogens with zero attached hydrogens (tertiary/aromatic N) is 2. The van der Waals surface area contributed by atoms with Crippen LogP contribution in [0.15, 0.2) is 0 Å². The Morgan fingerprint density at radius 2 is 2.14 bits per heavy atom. The Hall–Kier alpha value is -1.57. The van der Waals surface area contributed by atoms with E-state index in [0.29, 0.717) is 5.41 Å². The molecule has 0 aromatic carbocycles. The third-order valence-corrected chi connectivity index (χ3v) is 4.28. The van der Waals surface area contributed by atoms with E-state index in [1.807, 2.05) is 4.90 Å². The number of likely N-dealkylation sites (tertiary alicyclic amines) is 1. The first-order valence-electron chi connectivity index (χ1n) is 6.80. The number of halogens is 3. The van der Waals surface area contributed by atoms with E-state index < -0.39 is 23.7 Å². The van der Waals surface area contributed by atoms with Crippen molar-refractivity contribution in [2.75, 3.05) is 20.2 Å². The zero-order valence-corrected chi connectivity index (χ0v) is 11.6. The van der Waals surface area contributed by atoms with Gasteiger partial charge in [-0.25, -0.2) is 9.78 Å². The minimum Gasteiger partial charge on any atom is -0.463 e. The number of alkyl halides is 3. The second-order valence-electron chi connectivity index (χ2n) is 5.86. The van der Waals surface area contributed by atoms with E-state index in [1.54, 1.807) is 0 Å². The maximum Gasteiger partial charge on any atom is 0.435 e. The highest BCUT2D eigenvalue weighted by Gasteiger charge is 2.48. The lowest BCUT2D eigenvalue weighted by atomic mass is 10.1. The van der Waals surface area contributed by atoms with Crippen LogP contribution in [0.2, 0.25) is 0 Å². The molecule has 5 nitrogen and oxygen atoms in total. The third kappa shape index (κ3) is 2.76. The standard InChI is InChI=1S/C13H16F3N3O2/c1-21-11(20)10-17-8(9(18-10)13(14,15)16)6-19-5-4-12(7-19)2-3-12/h2-7H2,1H3,(H,17,18). The quantitative estimate of drug-likeness (QED) is 0.870. The maximum absolute atomic E-state index is 13.0. The number of imidazole rings is 1. The number of H-pyrrole nitrogens is 1. The van der Waals surface area contributed by atoms with Crippen LogP contribution in [-0.4, -0.2) is 41.0 Å². The normalized spacial score (nSPS) is 21.0. The summed E-state index contributed by atoms with van der Waals surface area (Å²) < 4.78 is 43.5. The number of rotatable bonds is 3. The largest absolute Gasteiger partial charge is 0.463 e. The van der Waals surface area contributed by atoms with Gasteiger partial charge in [0, 0.05) is 13.1 Å². The molecule has 21 heavy (non-hydrogen) atoms. The summed E-state index contributed by atoms with van der Waals surface area (Å²) in [5.74, 6) is -1.30. The van der Waals surface area contributed by atoms with Crippen LogP contribution in [0.5, 0.6) is 0 Å². The van der Waals surface area contributed by atoms with Crippen molar-refractivity contribution in [2.24, 2.45) is 5.41 Å². The van der Waals surface area contributed by atoms with Crippen molar-refractivity contribution in [3.05, 3.63) is 17.2 Å². The molecule has 3 rings (SSSR count). The molecule has 1 aromatic heterocycles. The van der Waals surface area contributed by atoms with Gasteiger partial charge >= 0.3 is 12.1 Å². The predicted octanol–water partition coefficient (Wildman–Crippen LogP) is 2.20. The van der Waals surface area contributed by atoms with Gasteiger partial charge in [-0.1, -0.05) is 0 Å². The summed E-state index contributed by atoms with van der Waals surface area (Å²) in [6, 6.07) is 0. The molecule has 2 heterocycles. The topological polar surface area (TPSA) is 58.2 Å². The molecule has 1 N–H and O–H groups in total. The number of aromatic amines is 1. The van der Waals surface area contributed by atoms with Crippen LogP contribution in [0.4, 0.5) is 13.2 Å². The van der Waals surface area contributed by atoms with E-state index in [9.17, 15) is 18.0 Å². The molecule has 0 atom stereocenters. The molecule has 8 heteroatoms. The third-order valence-electron chi connectivity index (χ3n) is 4.28. The Morgan fingerprint density at radius 3 is 2.67 bits per heavy atom.